The van der Waals surface area contributed by atoms with Crippen molar-refractivity contribution in [2.45, 2.75) is 75.2 Å². The van der Waals surface area contributed by atoms with Gasteiger partial charge in [0.25, 0.3) is 0 Å². The SMILES string of the molecule is BC1(B)C[C@]2(C)[C@H]3C(=O)C[C@]4(C)[C@@H](C(C)=O)CC[C@H]4[C@@H]3CC[C@H]2C(B)(B)[C@]1(B)O. The van der Waals surface area contributed by atoms with Gasteiger partial charge in [-0.2, -0.15) is 0 Å². The van der Waals surface area contributed by atoms with Gasteiger partial charge in [0.05, 0.1) is 0 Å². The largest absolute Gasteiger partial charge is 0.401 e. The Labute approximate surface area is 181 Å². The molecule has 3 nitrogen and oxygen atoms in total. The fraction of sp³-hybridized carbons (Fsp3) is 0.905. The van der Waals surface area contributed by atoms with Gasteiger partial charge in [-0.05, 0) is 54.8 Å². The van der Waals surface area contributed by atoms with Crippen LogP contribution in [0, 0.1) is 40.4 Å². The molecular weight excluding hydrogens is 354 g/mol. The second kappa shape index (κ2) is 6.11. The summed E-state index contributed by atoms with van der Waals surface area (Å²) >= 11 is 0. The predicted molar refractivity (Wildman–Crippen MR) is 130 cm³/mol. The number of rotatable bonds is 1. The predicted octanol–water partition coefficient (Wildman–Crippen LogP) is -1.28. The van der Waals surface area contributed by atoms with Gasteiger partial charge in [-0.15, -0.1) is 0 Å². The number of carbonyl (C=O) groups excluding carboxylic acids is 2. The van der Waals surface area contributed by atoms with Crippen LogP contribution in [0.3, 0.4) is 0 Å². The number of carbonyl (C=O) groups is 2. The van der Waals surface area contributed by atoms with Crippen LogP contribution in [0.25, 0.3) is 0 Å². The van der Waals surface area contributed by atoms with Crippen molar-refractivity contribution in [1.29, 1.82) is 0 Å². The monoisotopic (exact) mass is 392 g/mol. The zero-order valence-corrected chi connectivity index (χ0v) is 19.9. The molecule has 4 aliphatic carbocycles. The smallest absolute Gasteiger partial charge is 0.140 e. The van der Waals surface area contributed by atoms with Crippen molar-refractivity contribution in [3.63, 3.8) is 0 Å². The van der Waals surface area contributed by atoms with E-state index in [1.807, 2.05) is 7.85 Å². The van der Waals surface area contributed by atoms with Crippen LogP contribution in [0.5, 0.6) is 0 Å². The van der Waals surface area contributed by atoms with Crippen LogP contribution in [0.1, 0.15) is 59.3 Å². The maximum Gasteiger partial charge on any atom is 0.140 e. The molecular formula is C21H37B5O3. The standard InChI is InChI=1S/C21H37B5O3/c1-10(27)12-5-6-13-11-4-7-15-18(3,16(11)14(28)8-17(12,13)2)9-19(22,23)21(26,29)20(15,24)25/h11-13,15-16,29H,4-9,22-26H2,1-3H3/t11-,12+,13-,15+,16+,17+,18-,21+/m0/s1. The summed E-state index contributed by atoms with van der Waals surface area (Å²) < 4.78 is 0. The van der Waals surface area contributed by atoms with E-state index in [1.165, 1.54) is 0 Å². The third kappa shape index (κ3) is 2.53. The Bertz CT molecular complexity index is 765. The quantitative estimate of drug-likeness (QED) is 0.567. The van der Waals surface area contributed by atoms with Gasteiger partial charge in [-0.25, -0.2) is 0 Å². The molecule has 4 saturated carbocycles. The molecule has 0 aromatic rings. The van der Waals surface area contributed by atoms with Gasteiger partial charge >= 0.3 is 0 Å². The van der Waals surface area contributed by atoms with E-state index in [4.69, 9.17) is 0 Å². The minimum Gasteiger partial charge on any atom is -0.401 e. The molecule has 0 aromatic carbocycles. The lowest BCUT2D eigenvalue weighted by Gasteiger charge is -2.71. The number of hydrogen-bond acceptors (Lipinski definition) is 3. The van der Waals surface area contributed by atoms with Gasteiger partial charge in [-0.3, -0.25) is 9.59 Å². The Morgan fingerprint density at radius 2 is 1.62 bits per heavy atom. The minimum atomic E-state index is -0.768. The molecule has 0 bridgehead atoms. The van der Waals surface area contributed by atoms with Crippen LogP contribution in [0.15, 0.2) is 0 Å². The molecule has 4 aliphatic rings. The number of Topliss-reactive ketones (excluding diaryl/α,β-unsaturated/α-hetero) is 2. The average molecular weight is 392 g/mol. The highest BCUT2D eigenvalue weighted by Crippen LogP contribution is 2.73. The van der Waals surface area contributed by atoms with Crippen LogP contribution in [0.4, 0.5) is 0 Å². The first-order chi connectivity index (χ1) is 13.1. The summed E-state index contributed by atoms with van der Waals surface area (Å²) in [4.78, 5) is 26.2. The molecule has 0 heterocycles. The zero-order valence-electron chi connectivity index (χ0n) is 19.9. The molecule has 0 saturated heterocycles. The molecule has 0 aliphatic heterocycles. The summed E-state index contributed by atoms with van der Waals surface area (Å²) in [5.41, 5.74) is -0.986. The third-order valence-electron chi connectivity index (χ3n) is 11.3. The summed E-state index contributed by atoms with van der Waals surface area (Å²) in [6.07, 6.45) is 5.68. The number of aliphatic hydroxyl groups is 1. The number of hydrogen-bond donors (Lipinski definition) is 1. The van der Waals surface area contributed by atoms with Crippen LogP contribution in [-0.2, 0) is 9.59 Å². The van der Waals surface area contributed by atoms with Crippen LogP contribution in [0.2, 0.25) is 10.4 Å². The fourth-order valence-corrected chi connectivity index (χ4v) is 9.73. The van der Waals surface area contributed by atoms with Gasteiger partial charge in [0.1, 0.15) is 50.8 Å². The number of ketones is 2. The second-order valence-corrected chi connectivity index (χ2v) is 13.1. The Morgan fingerprint density at radius 3 is 2.21 bits per heavy atom. The molecule has 8 atom stereocenters. The minimum absolute atomic E-state index is 0.0582. The molecule has 0 spiro atoms. The van der Waals surface area contributed by atoms with Crippen molar-refractivity contribution in [3.05, 3.63) is 0 Å². The van der Waals surface area contributed by atoms with E-state index in [-0.39, 0.29) is 38.9 Å². The van der Waals surface area contributed by atoms with Gasteiger partial charge in [-0.1, -0.05) is 37.1 Å². The first kappa shape index (κ1) is 21.8. The van der Waals surface area contributed by atoms with Gasteiger partial charge in [0.15, 0.2) is 0 Å². The molecule has 4 fully saturated rings. The van der Waals surface area contributed by atoms with Crippen molar-refractivity contribution in [2.75, 3.05) is 0 Å². The van der Waals surface area contributed by atoms with Crippen LogP contribution < -0.4 is 0 Å². The lowest BCUT2D eigenvalue weighted by atomic mass is 9.18. The van der Waals surface area contributed by atoms with Crippen molar-refractivity contribution in [1.82, 2.24) is 0 Å². The summed E-state index contributed by atoms with van der Waals surface area (Å²) in [7, 11) is 10.9. The molecule has 154 valence electrons. The van der Waals surface area contributed by atoms with E-state index >= 15 is 0 Å². The second-order valence-electron chi connectivity index (χ2n) is 13.1. The third-order valence-corrected chi connectivity index (χ3v) is 11.3. The normalized spacial score (nSPS) is 52.8. The molecule has 0 amide bonds. The first-order valence-corrected chi connectivity index (χ1v) is 11.9. The van der Waals surface area contributed by atoms with E-state index in [0.717, 1.165) is 32.1 Å². The lowest BCUT2D eigenvalue weighted by Crippen LogP contribution is -2.69. The number of fused-ring (bicyclic) bond motifs is 5. The highest BCUT2D eigenvalue weighted by atomic mass is 16.3. The first-order valence-electron chi connectivity index (χ1n) is 11.9. The average Bonchev–Trinajstić information content (AvgIpc) is 2.89. The molecule has 8 heteroatoms. The molecule has 29 heavy (non-hydrogen) atoms. The summed E-state index contributed by atoms with van der Waals surface area (Å²) in [6.45, 7) is 6.32. The van der Waals surface area contributed by atoms with E-state index in [0.29, 0.717) is 30.0 Å². The molecule has 0 aromatic heterocycles. The molecule has 0 unspecified atom stereocenters. The van der Waals surface area contributed by atoms with Gasteiger partial charge in [0, 0.05) is 23.8 Å². The Hall–Kier alpha value is -0.375. The molecule has 1 N–H and O–H groups in total. The Kier molecular flexibility index (Phi) is 4.60. The zero-order chi connectivity index (χ0) is 21.8. The molecule has 0 radical (unpaired) electrons. The summed E-state index contributed by atoms with van der Waals surface area (Å²) in [5.74, 6) is 2.06. The topological polar surface area (TPSA) is 54.4 Å². The van der Waals surface area contributed by atoms with Gasteiger partial charge in [0.2, 0.25) is 0 Å². The van der Waals surface area contributed by atoms with E-state index < -0.39 is 5.50 Å². The Morgan fingerprint density at radius 1 is 1.00 bits per heavy atom. The highest BCUT2D eigenvalue weighted by molar-refractivity contribution is 6.52. The van der Waals surface area contributed by atoms with Crippen molar-refractivity contribution >= 4 is 50.8 Å². The van der Waals surface area contributed by atoms with E-state index in [9.17, 15) is 14.7 Å². The lowest BCUT2D eigenvalue weighted by molar-refractivity contribution is -0.167. The van der Waals surface area contributed by atoms with E-state index in [1.54, 1.807) is 6.92 Å². The molecule has 4 rings (SSSR count). The fourth-order valence-electron chi connectivity index (χ4n) is 9.73. The summed E-state index contributed by atoms with van der Waals surface area (Å²) in [6, 6.07) is 0. The van der Waals surface area contributed by atoms with Crippen molar-refractivity contribution in [2.24, 2.45) is 40.4 Å². The summed E-state index contributed by atoms with van der Waals surface area (Å²) in [5, 5.41) is 11.1. The maximum absolute atomic E-state index is 13.8. The van der Waals surface area contributed by atoms with Crippen molar-refractivity contribution < 1.29 is 14.7 Å². The maximum atomic E-state index is 13.8. The Balaban J connectivity index is 1.78. The van der Waals surface area contributed by atoms with Crippen molar-refractivity contribution in [3.8, 4) is 0 Å². The van der Waals surface area contributed by atoms with Gasteiger partial charge < -0.3 is 5.11 Å². The highest BCUT2D eigenvalue weighted by Gasteiger charge is 2.70. The van der Waals surface area contributed by atoms with E-state index in [2.05, 4.69) is 45.2 Å². The van der Waals surface area contributed by atoms with Crippen LogP contribution >= 0.6 is 0 Å². The van der Waals surface area contributed by atoms with Crippen LogP contribution in [-0.4, -0.2) is 61.4 Å².